The highest BCUT2D eigenvalue weighted by molar-refractivity contribution is 6.83. The van der Waals surface area contributed by atoms with Crippen molar-refractivity contribution < 1.29 is 9.53 Å². The fourth-order valence-electron chi connectivity index (χ4n) is 1.46. The Morgan fingerprint density at radius 1 is 1.33 bits per heavy atom. The second kappa shape index (κ2) is 5.88. The minimum atomic E-state index is -1.40. The fraction of sp³-hybridized carbons (Fsp3) is 0.400. The summed E-state index contributed by atoms with van der Waals surface area (Å²) in [5, 5.41) is 0. The molecule has 0 aliphatic rings. The van der Waals surface area contributed by atoms with E-state index in [1.54, 1.807) is 6.07 Å². The Morgan fingerprint density at radius 2 is 2.00 bits per heavy atom. The maximum Gasteiger partial charge on any atom is 0.338 e. The van der Waals surface area contributed by atoms with Crippen LogP contribution < -0.4 is 0 Å². The zero-order chi connectivity index (χ0) is 13.8. The van der Waals surface area contributed by atoms with Crippen LogP contribution in [0.15, 0.2) is 18.2 Å². The zero-order valence-electron chi connectivity index (χ0n) is 11.8. The second-order valence-electron chi connectivity index (χ2n) is 5.20. The van der Waals surface area contributed by atoms with Gasteiger partial charge in [-0.2, -0.15) is 0 Å². The van der Waals surface area contributed by atoms with E-state index in [-0.39, 0.29) is 5.97 Å². The molecule has 2 nitrogen and oxygen atoms in total. The standard InChI is InChI=1S/C15H20O2Si/c1-6-17-15(16)14-9-7-8-13(12(14)2)10-11-18(3,4)5/h7-9H,6H2,1-5H3. The van der Waals surface area contributed by atoms with Crippen LogP contribution in [0.4, 0.5) is 0 Å². The lowest BCUT2D eigenvalue weighted by Crippen LogP contribution is -2.16. The average molecular weight is 260 g/mol. The van der Waals surface area contributed by atoms with Crippen LogP contribution in [0.5, 0.6) is 0 Å². The van der Waals surface area contributed by atoms with Crippen LogP contribution in [0, 0.1) is 18.4 Å². The number of benzene rings is 1. The first-order chi connectivity index (χ1) is 8.35. The molecule has 0 bridgehead atoms. The van der Waals surface area contributed by atoms with Crippen molar-refractivity contribution in [3.8, 4) is 11.5 Å². The van der Waals surface area contributed by atoms with Gasteiger partial charge in [-0.25, -0.2) is 4.79 Å². The Morgan fingerprint density at radius 3 is 2.56 bits per heavy atom. The van der Waals surface area contributed by atoms with Gasteiger partial charge in [-0.05, 0) is 31.5 Å². The first kappa shape index (κ1) is 14.5. The summed E-state index contributed by atoms with van der Waals surface area (Å²) in [5.41, 5.74) is 5.75. The minimum absolute atomic E-state index is 0.272. The number of ether oxygens (including phenoxy) is 1. The third-order valence-electron chi connectivity index (χ3n) is 2.40. The molecule has 96 valence electrons. The zero-order valence-corrected chi connectivity index (χ0v) is 12.8. The molecule has 1 rings (SSSR count). The summed E-state index contributed by atoms with van der Waals surface area (Å²) >= 11 is 0. The Balaban J connectivity index is 3.13. The van der Waals surface area contributed by atoms with Crippen molar-refractivity contribution in [3.63, 3.8) is 0 Å². The molecule has 0 N–H and O–H groups in total. The van der Waals surface area contributed by atoms with E-state index in [0.717, 1.165) is 11.1 Å². The molecular formula is C15H20O2Si. The Bertz CT molecular complexity index is 501. The lowest BCUT2D eigenvalue weighted by atomic mass is 10.0. The highest BCUT2D eigenvalue weighted by Gasteiger charge is 2.12. The van der Waals surface area contributed by atoms with Gasteiger partial charge in [0, 0.05) is 5.56 Å². The number of esters is 1. The summed E-state index contributed by atoms with van der Waals surface area (Å²) in [4.78, 5) is 11.8. The van der Waals surface area contributed by atoms with Gasteiger partial charge in [0.25, 0.3) is 0 Å². The summed E-state index contributed by atoms with van der Waals surface area (Å²) in [7, 11) is -1.40. The van der Waals surface area contributed by atoms with Crippen molar-refractivity contribution in [2.45, 2.75) is 33.5 Å². The molecule has 1 aromatic rings. The molecule has 0 saturated carbocycles. The van der Waals surface area contributed by atoms with Crippen molar-refractivity contribution >= 4 is 14.0 Å². The first-order valence-electron chi connectivity index (χ1n) is 6.15. The lowest BCUT2D eigenvalue weighted by Gasteiger charge is -2.08. The smallest absolute Gasteiger partial charge is 0.338 e. The van der Waals surface area contributed by atoms with E-state index in [2.05, 4.69) is 31.1 Å². The molecule has 0 unspecified atom stereocenters. The number of carbonyl (C=O) groups is 1. The van der Waals surface area contributed by atoms with Crippen molar-refractivity contribution in [3.05, 3.63) is 34.9 Å². The van der Waals surface area contributed by atoms with Gasteiger partial charge >= 0.3 is 5.97 Å². The SMILES string of the molecule is CCOC(=O)c1cccc(C#C[Si](C)(C)C)c1C. The van der Waals surface area contributed by atoms with E-state index < -0.39 is 8.07 Å². The largest absolute Gasteiger partial charge is 0.462 e. The van der Waals surface area contributed by atoms with Crippen LogP contribution in [0.2, 0.25) is 19.6 Å². The van der Waals surface area contributed by atoms with Crippen LogP contribution in [0.1, 0.15) is 28.4 Å². The molecule has 0 aliphatic carbocycles. The van der Waals surface area contributed by atoms with Crippen LogP contribution >= 0.6 is 0 Å². The highest BCUT2D eigenvalue weighted by Crippen LogP contribution is 2.14. The summed E-state index contributed by atoms with van der Waals surface area (Å²) in [6.07, 6.45) is 0. The second-order valence-corrected chi connectivity index (χ2v) is 9.95. The van der Waals surface area contributed by atoms with Crippen LogP contribution in [0.25, 0.3) is 0 Å². The van der Waals surface area contributed by atoms with Crippen molar-refractivity contribution in [2.75, 3.05) is 6.61 Å². The molecule has 3 heteroatoms. The predicted molar refractivity (Wildman–Crippen MR) is 77.4 cm³/mol. The van der Waals surface area contributed by atoms with Gasteiger partial charge in [0.15, 0.2) is 0 Å². The maximum absolute atomic E-state index is 11.8. The third-order valence-corrected chi connectivity index (χ3v) is 3.28. The van der Waals surface area contributed by atoms with E-state index in [1.165, 1.54) is 0 Å². The summed E-state index contributed by atoms with van der Waals surface area (Å²) < 4.78 is 5.03. The average Bonchev–Trinajstić information content (AvgIpc) is 2.26. The molecular weight excluding hydrogens is 240 g/mol. The van der Waals surface area contributed by atoms with Crippen LogP contribution in [0.3, 0.4) is 0 Å². The van der Waals surface area contributed by atoms with E-state index in [1.807, 2.05) is 26.0 Å². The van der Waals surface area contributed by atoms with Gasteiger partial charge in [-0.15, -0.1) is 5.54 Å². The van der Waals surface area contributed by atoms with Gasteiger partial charge in [-0.1, -0.05) is 31.6 Å². The van der Waals surface area contributed by atoms with Gasteiger partial charge < -0.3 is 4.74 Å². The molecule has 0 aliphatic heterocycles. The topological polar surface area (TPSA) is 26.3 Å². The van der Waals surface area contributed by atoms with Crippen molar-refractivity contribution in [2.24, 2.45) is 0 Å². The molecule has 0 fully saturated rings. The van der Waals surface area contributed by atoms with Crippen molar-refractivity contribution in [1.29, 1.82) is 0 Å². The molecule has 0 radical (unpaired) electrons. The Labute approximate surface area is 110 Å². The molecule has 18 heavy (non-hydrogen) atoms. The molecule has 0 aromatic heterocycles. The minimum Gasteiger partial charge on any atom is -0.462 e. The predicted octanol–water partition coefficient (Wildman–Crippen LogP) is 3.40. The molecule has 0 atom stereocenters. The molecule has 0 amide bonds. The number of carbonyl (C=O) groups excluding carboxylic acids is 1. The number of rotatable bonds is 2. The number of hydrogen-bond donors (Lipinski definition) is 0. The van der Waals surface area contributed by atoms with Gasteiger partial charge in [0.05, 0.1) is 12.2 Å². The van der Waals surface area contributed by atoms with E-state index >= 15 is 0 Å². The van der Waals surface area contributed by atoms with Crippen LogP contribution in [-0.4, -0.2) is 20.7 Å². The fourth-order valence-corrected chi connectivity index (χ4v) is 1.97. The van der Waals surface area contributed by atoms with E-state index in [0.29, 0.717) is 12.2 Å². The summed E-state index contributed by atoms with van der Waals surface area (Å²) in [6.45, 7) is 10.7. The van der Waals surface area contributed by atoms with E-state index in [9.17, 15) is 4.79 Å². The monoisotopic (exact) mass is 260 g/mol. The normalized spacial score (nSPS) is 10.5. The lowest BCUT2D eigenvalue weighted by molar-refractivity contribution is 0.0525. The van der Waals surface area contributed by atoms with E-state index in [4.69, 9.17) is 4.74 Å². The number of hydrogen-bond acceptors (Lipinski definition) is 2. The summed E-state index contributed by atoms with van der Waals surface area (Å²) in [6, 6.07) is 5.59. The van der Waals surface area contributed by atoms with Crippen molar-refractivity contribution in [1.82, 2.24) is 0 Å². The van der Waals surface area contributed by atoms with Gasteiger partial charge in [0.1, 0.15) is 8.07 Å². The van der Waals surface area contributed by atoms with Crippen LogP contribution in [-0.2, 0) is 4.74 Å². The van der Waals surface area contributed by atoms with Gasteiger partial charge in [-0.3, -0.25) is 0 Å². The molecule has 0 heterocycles. The summed E-state index contributed by atoms with van der Waals surface area (Å²) in [5.74, 6) is 2.92. The molecule has 0 spiro atoms. The third kappa shape index (κ3) is 4.05. The van der Waals surface area contributed by atoms with Gasteiger partial charge in [0.2, 0.25) is 0 Å². The Hall–Kier alpha value is -1.53. The maximum atomic E-state index is 11.8. The first-order valence-corrected chi connectivity index (χ1v) is 9.65. The molecule has 0 saturated heterocycles. The Kier molecular flexibility index (Phi) is 4.74. The molecule has 1 aromatic carbocycles. The highest BCUT2D eigenvalue weighted by atomic mass is 28.3. The quantitative estimate of drug-likeness (QED) is 0.463.